The minimum atomic E-state index is -0.398. The molecule has 2 aliphatic rings. The normalized spacial score (nSPS) is 19.5. The number of hydrogen-bond donors (Lipinski definition) is 0. The molecule has 2 aliphatic heterocycles. The van der Waals surface area contributed by atoms with Gasteiger partial charge in [0.1, 0.15) is 5.82 Å². The Balaban J connectivity index is 1.41. The van der Waals surface area contributed by atoms with E-state index in [0.29, 0.717) is 36.6 Å². The first-order valence-corrected chi connectivity index (χ1v) is 10.8. The van der Waals surface area contributed by atoms with Gasteiger partial charge in [0.25, 0.3) is 5.91 Å². The maximum absolute atomic E-state index is 13.2. The van der Waals surface area contributed by atoms with Gasteiger partial charge in [-0.15, -0.1) is 5.10 Å². The molecule has 0 aliphatic carbocycles. The molecule has 1 atom stereocenters. The van der Waals surface area contributed by atoms with Crippen LogP contribution in [0, 0.1) is 5.82 Å². The first-order valence-electron chi connectivity index (χ1n) is 10.4. The lowest BCUT2D eigenvalue weighted by Gasteiger charge is -2.36. The minimum absolute atomic E-state index is 0.108. The van der Waals surface area contributed by atoms with E-state index in [2.05, 4.69) is 10.3 Å². The summed E-state index contributed by atoms with van der Waals surface area (Å²) in [6.07, 6.45) is 6.94. The number of rotatable bonds is 6. The highest BCUT2D eigenvalue weighted by Crippen LogP contribution is 2.23. The molecule has 2 aromatic rings. The minimum Gasteiger partial charge on any atom is -0.343 e. The second-order valence-corrected chi connectivity index (χ2v) is 8.37. The van der Waals surface area contributed by atoms with E-state index in [4.69, 9.17) is 11.6 Å². The molecule has 9 heteroatoms. The van der Waals surface area contributed by atoms with Crippen LogP contribution in [0.1, 0.15) is 54.6 Å². The van der Waals surface area contributed by atoms with Crippen molar-refractivity contribution in [3.05, 3.63) is 46.5 Å². The predicted molar refractivity (Wildman–Crippen MR) is 110 cm³/mol. The third-order valence-electron chi connectivity index (χ3n) is 5.90. The molecule has 3 heterocycles. The summed E-state index contributed by atoms with van der Waals surface area (Å²) in [7, 11) is 0. The summed E-state index contributed by atoms with van der Waals surface area (Å²) >= 11 is 6.08. The lowest BCUT2D eigenvalue weighted by Crippen LogP contribution is -2.45. The van der Waals surface area contributed by atoms with Gasteiger partial charge in [0.15, 0.2) is 5.69 Å². The van der Waals surface area contributed by atoms with Gasteiger partial charge in [-0.1, -0.05) is 22.9 Å². The number of carbonyl (C=O) groups excluding carboxylic acids is 2. The monoisotopic (exact) mass is 433 g/mol. The van der Waals surface area contributed by atoms with Gasteiger partial charge >= 0.3 is 0 Å². The second-order valence-electron chi connectivity index (χ2n) is 7.96. The van der Waals surface area contributed by atoms with Gasteiger partial charge in [-0.3, -0.25) is 9.59 Å². The van der Waals surface area contributed by atoms with E-state index < -0.39 is 5.82 Å². The molecule has 7 nitrogen and oxygen atoms in total. The molecule has 0 bridgehead atoms. The van der Waals surface area contributed by atoms with Gasteiger partial charge in [-0.05, 0) is 49.8 Å². The van der Waals surface area contributed by atoms with Crippen molar-refractivity contribution in [2.75, 3.05) is 19.6 Å². The van der Waals surface area contributed by atoms with Gasteiger partial charge in [-0.25, -0.2) is 9.07 Å². The number of aromatic nitrogens is 3. The maximum Gasteiger partial charge on any atom is 0.276 e. The highest BCUT2D eigenvalue weighted by atomic mass is 35.5. The lowest BCUT2D eigenvalue weighted by molar-refractivity contribution is -0.127. The molecule has 1 aromatic heterocycles. The van der Waals surface area contributed by atoms with Crippen molar-refractivity contribution >= 4 is 23.4 Å². The number of nitrogens with zero attached hydrogens (tertiary/aromatic N) is 5. The summed E-state index contributed by atoms with van der Waals surface area (Å²) in [5.74, 6) is -0.319. The molecule has 0 saturated carbocycles. The van der Waals surface area contributed by atoms with Crippen molar-refractivity contribution in [3.8, 4) is 0 Å². The van der Waals surface area contributed by atoms with Crippen molar-refractivity contribution in [1.29, 1.82) is 0 Å². The van der Waals surface area contributed by atoms with Gasteiger partial charge in [0.05, 0.1) is 12.7 Å². The second kappa shape index (κ2) is 9.12. The molecule has 160 valence electrons. The van der Waals surface area contributed by atoms with Gasteiger partial charge < -0.3 is 9.80 Å². The van der Waals surface area contributed by atoms with Gasteiger partial charge in [-0.2, -0.15) is 0 Å². The van der Waals surface area contributed by atoms with E-state index in [9.17, 15) is 14.0 Å². The van der Waals surface area contributed by atoms with Gasteiger partial charge in [0.2, 0.25) is 5.91 Å². The third-order valence-corrected chi connectivity index (χ3v) is 6.25. The Morgan fingerprint density at radius 2 is 2.10 bits per heavy atom. The Morgan fingerprint density at radius 1 is 1.23 bits per heavy atom. The standard InChI is InChI=1S/C21H25ClFN5O2/c22-18-12-16(23)7-6-15(18)13-27-14-19(24-25-27)21(30)28-10-2-1-4-17(28)8-11-26-9-3-5-20(26)29/h6-7,12,14,17H,1-5,8-11,13H2/t17-/m0/s1. The van der Waals surface area contributed by atoms with Crippen LogP contribution in [-0.2, 0) is 11.3 Å². The topological polar surface area (TPSA) is 71.3 Å². The van der Waals surface area contributed by atoms with Crippen molar-refractivity contribution in [2.24, 2.45) is 0 Å². The van der Waals surface area contributed by atoms with Crippen LogP contribution in [0.2, 0.25) is 5.02 Å². The average molecular weight is 434 g/mol. The first kappa shape index (κ1) is 20.8. The SMILES string of the molecule is O=C1CCCN1CC[C@@H]1CCCCN1C(=O)c1cn(Cc2ccc(F)cc2Cl)nn1. The molecule has 30 heavy (non-hydrogen) atoms. The average Bonchev–Trinajstić information content (AvgIpc) is 3.37. The summed E-state index contributed by atoms with van der Waals surface area (Å²) in [5, 5.41) is 8.42. The number of halogens is 2. The Morgan fingerprint density at radius 3 is 2.87 bits per heavy atom. The zero-order chi connectivity index (χ0) is 21.1. The van der Waals surface area contributed by atoms with E-state index >= 15 is 0 Å². The van der Waals surface area contributed by atoms with Crippen molar-refractivity contribution in [1.82, 2.24) is 24.8 Å². The van der Waals surface area contributed by atoms with E-state index in [0.717, 1.165) is 38.6 Å². The molecular formula is C21H25ClFN5O2. The molecule has 0 radical (unpaired) electrons. The molecule has 2 saturated heterocycles. The quantitative estimate of drug-likeness (QED) is 0.701. The molecule has 0 N–H and O–H groups in total. The van der Waals surface area contributed by atoms with E-state index in [1.807, 2.05) is 9.80 Å². The summed E-state index contributed by atoms with van der Waals surface area (Å²) < 4.78 is 14.8. The van der Waals surface area contributed by atoms with Gasteiger partial charge in [0, 0.05) is 37.1 Å². The zero-order valence-electron chi connectivity index (χ0n) is 16.8. The largest absolute Gasteiger partial charge is 0.343 e. The maximum atomic E-state index is 13.2. The van der Waals surface area contributed by atoms with Crippen LogP contribution < -0.4 is 0 Å². The Hall–Kier alpha value is -2.48. The number of benzene rings is 1. The van der Waals surface area contributed by atoms with Crippen LogP contribution >= 0.6 is 11.6 Å². The fourth-order valence-electron chi connectivity index (χ4n) is 4.26. The molecule has 1 aromatic carbocycles. The highest BCUT2D eigenvalue weighted by Gasteiger charge is 2.30. The molecule has 2 fully saturated rings. The predicted octanol–water partition coefficient (Wildman–Crippen LogP) is 3.13. The fraction of sp³-hybridized carbons (Fsp3) is 0.524. The van der Waals surface area contributed by atoms with Crippen LogP contribution in [-0.4, -0.2) is 62.3 Å². The van der Waals surface area contributed by atoms with E-state index in [1.54, 1.807) is 12.3 Å². The summed E-state index contributed by atoms with van der Waals surface area (Å²) in [6, 6.07) is 4.30. The highest BCUT2D eigenvalue weighted by molar-refractivity contribution is 6.31. The molecule has 2 amide bonds. The van der Waals surface area contributed by atoms with Crippen molar-refractivity contribution < 1.29 is 14.0 Å². The third kappa shape index (κ3) is 4.64. The number of likely N-dealkylation sites (tertiary alicyclic amines) is 2. The molecule has 0 unspecified atom stereocenters. The summed E-state index contributed by atoms with van der Waals surface area (Å²) in [5.41, 5.74) is 0.991. The number of piperidine rings is 1. The van der Waals surface area contributed by atoms with Crippen LogP contribution in [0.4, 0.5) is 4.39 Å². The van der Waals surface area contributed by atoms with Crippen LogP contribution in [0.15, 0.2) is 24.4 Å². The zero-order valence-corrected chi connectivity index (χ0v) is 17.5. The Kier molecular flexibility index (Phi) is 6.32. The van der Waals surface area contributed by atoms with Crippen molar-refractivity contribution in [3.63, 3.8) is 0 Å². The number of amides is 2. The number of carbonyl (C=O) groups is 2. The summed E-state index contributed by atoms with van der Waals surface area (Å²) in [4.78, 5) is 28.8. The van der Waals surface area contributed by atoms with Crippen molar-refractivity contribution in [2.45, 2.75) is 51.1 Å². The van der Waals surface area contributed by atoms with Crippen LogP contribution in [0.5, 0.6) is 0 Å². The smallest absolute Gasteiger partial charge is 0.276 e. The molecule has 4 rings (SSSR count). The Bertz CT molecular complexity index is 934. The first-order chi connectivity index (χ1) is 14.5. The fourth-order valence-corrected chi connectivity index (χ4v) is 4.49. The summed E-state index contributed by atoms with van der Waals surface area (Å²) in [6.45, 7) is 2.51. The molecular weight excluding hydrogens is 409 g/mol. The Labute approximate surface area is 179 Å². The van der Waals surface area contributed by atoms with Crippen LogP contribution in [0.3, 0.4) is 0 Å². The van der Waals surface area contributed by atoms with E-state index in [1.165, 1.54) is 16.8 Å². The van der Waals surface area contributed by atoms with E-state index in [-0.39, 0.29) is 23.6 Å². The number of hydrogen-bond acceptors (Lipinski definition) is 4. The lowest BCUT2D eigenvalue weighted by atomic mass is 9.98. The van der Waals surface area contributed by atoms with Crippen LogP contribution in [0.25, 0.3) is 0 Å². The molecule has 0 spiro atoms.